The van der Waals surface area contributed by atoms with Crippen molar-refractivity contribution in [1.82, 2.24) is 0 Å². The number of fused-ring (bicyclic) bond motifs is 1. The zero-order valence-electron chi connectivity index (χ0n) is 7.79. The molecule has 1 aromatic carbocycles. The number of halogens is 1. The first-order valence-corrected chi connectivity index (χ1v) is 4.85. The summed E-state index contributed by atoms with van der Waals surface area (Å²) in [5.74, 6) is 0.650. The smallest absolute Gasteiger partial charge is 0.494 e. The zero-order valence-corrected chi connectivity index (χ0v) is 8.54. The quantitative estimate of drug-likeness (QED) is 0.742. The lowest BCUT2D eigenvalue weighted by atomic mass is 9.79. The van der Waals surface area contributed by atoms with E-state index in [1.54, 1.807) is 12.1 Å². The fourth-order valence-corrected chi connectivity index (χ4v) is 1.78. The van der Waals surface area contributed by atoms with Crippen molar-refractivity contribution in [3.05, 3.63) is 22.7 Å². The number of hydrogen-bond donors (Lipinski definition) is 1. The molecule has 0 radical (unpaired) electrons. The van der Waals surface area contributed by atoms with Crippen LogP contribution in [0.4, 0.5) is 0 Å². The number of benzene rings is 1. The first kappa shape index (κ1) is 9.83. The molecule has 74 valence electrons. The van der Waals surface area contributed by atoms with Gasteiger partial charge in [-0.2, -0.15) is 0 Å². The van der Waals surface area contributed by atoms with E-state index in [0.29, 0.717) is 29.4 Å². The summed E-state index contributed by atoms with van der Waals surface area (Å²) >= 11 is 5.96. The summed E-state index contributed by atoms with van der Waals surface area (Å²) < 4.78 is 10.5. The molecule has 5 heteroatoms. The van der Waals surface area contributed by atoms with Crippen molar-refractivity contribution in [3.63, 3.8) is 0 Å². The largest absolute Gasteiger partial charge is 0.495 e. The highest BCUT2D eigenvalue weighted by atomic mass is 35.5. The highest BCUT2D eigenvalue weighted by molar-refractivity contribution is 6.63. The van der Waals surface area contributed by atoms with Gasteiger partial charge >= 0.3 is 7.12 Å². The van der Waals surface area contributed by atoms with E-state index in [-0.39, 0.29) is 0 Å². The summed E-state index contributed by atoms with van der Waals surface area (Å²) in [7, 11) is -0.912. The van der Waals surface area contributed by atoms with Crippen LogP contribution in [0.1, 0.15) is 12.5 Å². The summed E-state index contributed by atoms with van der Waals surface area (Å²) in [6.45, 7) is 2.79. The molecule has 1 heterocycles. The first-order valence-electron chi connectivity index (χ1n) is 4.47. The maximum Gasteiger partial charge on any atom is 0.495 e. The van der Waals surface area contributed by atoms with Gasteiger partial charge in [-0.05, 0) is 24.6 Å². The van der Waals surface area contributed by atoms with Crippen LogP contribution < -0.4 is 10.2 Å². The molecule has 3 nitrogen and oxygen atoms in total. The normalized spacial score (nSPS) is 14.4. The Bertz CT molecular complexity index is 356. The molecule has 0 saturated heterocycles. The van der Waals surface area contributed by atoms with Crippen LogP contribution in [0.5, 0.6) is 5.75 Å². The van der Waals surface area contributed by atoms with E-state index in [0.717, 1.165) is 5.56 Å². The van der Waals surface area contributed by atoms with Gasteiger partial charge in [0.15, 0.2) is 0 Å². The predicted molar refractivity (Wildman–Crippen MR) is 55.0 cm³/mol. The molecule has 1 aliphatic heterocycles. The fourth-order valence-electron chi connectivity index (χ4n) is 1.56. The summed E-state index contributed by atoms with van der Waals surface area (Å²) in [6, 6.07) is 3.51. The van der Waals surface area contributed by atoms with Gasteiger partial charge in [-0.15, -0.1) is 0 Å². The molecule has 0 fully saturated rings. The third kappa shape index (κ3) is 1.50. The lowest BCUT2D eigenvalue weighted by Gasteiger charge is -2.09. The van der Waals surface area contributed by atoms with E-state index in [9.17, 15) is 5.02 Å². The summed E-state index contributed by atoms with van der Waals surface area (Å²) in [5, 5.41) is 10.2. The Morgan fingerprint density at radius 2 is 2.43 bits per heavy atom. The third-order valence-electron chi connectivity index (χ3n) is 2.19. The third-order valence-corrected chi connectivity index (χ3v) is 2.55. The van der Waals surface area contributed by atoms with Crippen LogP contribution in [-0.4, -0.2) is 18.7 Å². The van der Waals surface area contributed by atoms with Gasteiger partial charge < -0.3 is 14.4 Å². The molecule has 1 N–H and O–H groups in total. The Kier molecular flexibility index (Phi) is 2.68. The maximum absolute atomic E-state index is 9.55. The lowest BCUT2D eigenvalue weighted by Crippen LogP contribution is -2.30. The molecule has 0 unspecified atom stereocenters. The fraction of sp³-hybridized carbons (Fsp3) is 0.333. The Balaban J connectivity index is 2.49. The monoisotopic (exact) mass is 212 g/mol. The van der Waals surface area contributed by atoms with E-state index in [1.165, 1.54) is 0 Å². The highest BCUT2D eigenvalue weighted by Crippen LogP contribution is 2.25. The topological polar surface area (TPSA) is 38.7 Å². The molecule has 0 bridgehead atoms. The first-order chi connectivity index (χ1) is 6.74. The van der Waals surface area contributed by atoms with Crippen molar-refractivity contribution in [2.24, 2.45) is 0 Å². The molecule has 0 amide bonds. The molecular weight excluding hydrogens is 202 g/mol. The molecule has 2 rings (SSSR count). The minimum atomic E-state index is -0.912. The second kappa shape index (κ2) is 3.81. The standard InChI is InChI=1S/C9H10BClO3/c1-2-13-8-4-3-7(11)6-5-14-10(12)9(6)8/h3-4,12H,2,5H2,1H3. The second-order valence-corrected chi connectivity index (χ2v) is 3.44. The zero-order chi connectivity index (χ0) is 10.1. The molecule has 0 aliphatic carbocycles. The van der Waals surface area contributed by atoms with Crippen LogP contribution in [0.3, 0.4) is 0 Å². The Hall–Kier alpha value is -0.705. The lowest BCUT2D eigenvalue weighted by molar-refractivity contribution is 0.275. The average Bonchev–Trinajstić information content (AvgIpc) is 2.55. The minimum absolute atomic E-state index is 0.343. The summed E-state index contributed by atoms with van der Waals surface area (Å²) in [5.41, 5.74) is 1.49. The van der Waals surface area contributed by atoms with E-state index in [2.05, 4.69) is 0 Å². The molecule has 0 saturated carbocycles. The number of rotatable bonds is 2. The van der Waals surface area contributed by atoms with Crippen molar-refractivity contribution < 1.29 is 14.4 Å². The van der Waals surface area contributed by atoms with E-state index >= 15 is 0 Å². The van der Waals surface area contributed by atoms with E-state index in [1.807, 2.05) is 6.92 Å². The average molecular weight is 212 g/mol. The van der Waals surface area contributed by atoms with Crippen molar-refractivity contribution in [2.45, 2.75) is 13.5 Å². The van der Waals surface area contributed by atoms with Gasteiger partial charge in [0, 0.05) is 10.5 Å². The van der Waals surface area contributed by atoms with Crippen molar-refractivity contribution >= 4 is 24.2 Å². The molecule has 1 aliphatic rings. The van der Waals surface area contributed by atoms with Gasteiger partial charge in [-0.25, -0.2) is 0 Å². The Labute approximate surface area is 87.7 Å². The van der Waals surface area contributed by atoms with Crippen molar-refractivity contribution in [2.75, 3.05) is 6.61 Å². The minimum Gasteiger partial charge on any atom is -0.494 e. The Morgan fingerprint density at radius 1 is 1.64 bits per heavy atom. The second-order valence-electron chi connectivity index (χ2n) is 3.03. The molecule has 1 aromatic rings. The van der Waals surface area contributed by atoms with Crippen LogP contribution >= 0.6 is 11.6 Å². The SMILES string of the molecule is CCOc1ccc(Cl)c2c1B(O)OC2. The van der Waals surface area contributed by atoms with Crippen molar-refractivity contribution in [1.29, 1.82) is 0 Å². The molecule has 0 aromatic heterocycles. The van der Waals surface area contributed by atoms with Gasteiger partial charge in [0.25, 0.3) is 0 Å². The van der Waals surface area contributed by atoms with Gasteiger partial charge in [-0.3, -0.25) is 0 Å². The van der Waals surface area contributed by atoms with Gasteiger partial charge in [0.05, 0.1) is 13.2 Å². The number of ether oxygens (including phenoxy) is 1. The maximum atomic E-state index is 9.55. The molecule has 0 spiro atoms. The summed E-state index contributed by atoms with van der Waals surface area (Å²) in [4.78, 5) is 0. The van der Waals surface area contributed by atoms with Crippen molar-refractivity contribution in [3.8, 4) is 5.75 Å². The van der Waals surface area contributed by atoms with Gasteiger partial charge in [0.1, 0.15) is 5.75 Å². The van der Waals surface area contributed by atoms with Crippen LogP contribution in [0.2, 0.25) is 5.02 Å². The van der Waals surface area contributed by atoms with Crippen LogP contribution in [0, 0.1) is 0 Å². The Morgan fingerprint density at radius 3 is 3.14 bits per heavy atom. The number of hydrogen-bond acceptors (Lipinski definition) is 3. The molecule has 14 heavy (non-hydrogen) atoms. The molecule has 0 atom stereocenters. The van der Waals surface area contributed by atoms with E-state index in [4.69, 9.17) is 21.0 Å². The van der Waals surface area contributed by atoms with Crippen LogP contribution in [0.25, 0.3) is 0 Å². The van der Waals surface area contributed by atoms with E-state index < -0.39 is 7.12 Å². The van der Waals surface area contributed by atoms with Gasteiger partial charge in [0.2, 0.25) is 0 Å². The molecular formula is C9H10BClO3. The van der Waals surface area contributed by atoms with Gasteiger partial charge in [-0.1, -0.05) is 11.6 Å². The van der Waals surface area contributed by atoms with Crippen LogP contribution in [0.15, 0.2) is 12.1 Å². The predicted octanol–water partition coefficient (Wildman–Crippen LogP) is 0.956. The van der Waals surface area contributed by atoms with Crippen LogP contribution in [-0.2, 0) is 11.3 Å². The highest BCUT2D eigenvalue weighted by Gasteiger charge is 2.32. The summed E-state index contributed by atoms with van der Waals surface area (Å²) in [6.07, 6.45) is 0.